The second kappa shape index (κ2) is 8.14. The van der Waals surface area contributed by atoms with Gasteiger partial charge < -0.3 is 14.8 Å². The highest BCUT2D eigenvalue weighted by atomic mass is 35.5. The van der Waals surface area contributed by atoms with Crippen molar-refractivity contribution in [2.24, 2.45) is 0 Å². The van der Waals surface area contributed by atoms with E-state index in [1.807, 2.05) is 44.2 Å². The summed E-state index contributed by atoms with van der Waals surface area (Å²) in [5.41, 5.74) is 3.01. The highest BCUT2D eigenvalue weighted by Crippen LogP contribution is 2.36. The second-order valence-corrected chi connectivity index (χ2v) is 6.60. The van der Waals surface area contributed by atoms with Crippen LogP contribution in [0.3, 0.4) is 0 Å². The summed E-state index contributed by atoms with van der Waals surface area (Å²) < 4.78 is 11.3. The molecule has 3 aromatic rings. The highest BCUT2D eigenvalue weighted by molar-refractivity contribution is 6.31. The van der Waals surface area contributed by atoms with Crippen LogP contribution in [0.5, 0.6) is 17.2 Å². The molecule has 0 spiro atoms. The third-order valence-electron chi connectivity index (χ3n) is 4.12. The van der Waals surface area contributed by atoms with E-state index < -0.39 is 0 Å². The number of hydrogen-bond donors (Lipinski definition) is 1. The molecular formula is C22H20ClNO3. The van der Waals surface area contributed by atoms with Crippen LogP contribution in [0.1, 0.15) is 21.5 Å². The first-order valence-corrected chi connectivity index (χ1v) is 8.85. The molecular weight excluding hydrogens is 362 g/mol. The number of carbonyl (C=O) groups excluding carboxylic acids is 1. The minimum atomic E-state index is -0.219. The van der Waals surface area contributed by atoms with Gasteiger partial charge in [0.05, 0.1) is 12.8 Å². The molecule has 0 radical (unpaired) electrons. The fourth-order valence-electron chi connectivity index (χ4n) is 2.68. The molecule has 1 amide bonds. The fourth-order valence-corrected chi connectivity index (χ4v) is 2.85. The maximum Gasteiger partial charge on any atom is 0.256 e. The molecule has 4 nitrogen and oxygen atoms in total. The summed E-state index contributed by atoms with van der Waals surface area (Å²) in [7, 11) is 1.58. The Balaban J connectivity index is 1.92. The van der Waals surface area contributed by atoms with Crippen LogP contribution >= 0.6 is 11.6 Å². The largest absolute Gasteiger partial charge is 0.493 e. The fraction of sp³-hybridized carbons (Fsp3) is 0.136. The van der Waals surface area contributed by atoms with Crippen LogP contribution < -0.4 is 14.8 Å². The number of anilines is 1. The Hall–Kier alpha value is -2.98. The molecule has 3 rings (SSSR count). The third kappa shape index (κ3) is 4.41. The number of amides is 1. The van der Waals surface area contributed by atoms with Gasteiger partial charge in [-0.1, -0.05) is 41.4 Å². The number of benzene rings is 3. The van der Waals surface area contributed by atoms with Gasteiger partial charge in [-0.25, -0.2) is 0 Å². The first kappa shape index (κ1) is 18.8. The molecule has 5 heteroatoms. The van der Waals surface area contributed by atoms with Crippen LogP contribution in [0, 0.1) is 13.8 Å². The standard InChI is InChI=1S/C22H20ClNO3/c1-14-8-9-15(2)17(12-14)22(25)24-18-13-16(23)10-11-19(18)27-21-7-5-4-6-20(21)26-3/h4-13H,1-3H3,(H,24,25). The van der Waals surface area contributed by atoms with Crippen molar-refractivity contribution in [3.63, 3.8) is 0 Å². The Bertz CT molecular complexity index is 985. The first-order chi connectivity index (χ1) is 13.0. The number of methoxy groups -OCH3 is 1. The number of halogens is 1. The van der Waals surface area contributed by atoms with Crippen molar-refractivity contribution in [1.82, 2.24) is 0 Å². The molecule has 0 unspecified atom stereocenters. The number of nitrogens with one attached hydrogen (secondary N) is 1. The van der Waals surface area contributed by atoms with E-state index in [4.69, 9.17) is 21.1 Å². The van der Waals surface area contributed by atoms with Crippen LogP contribution in [0.4, 0.5) is 5.69 Å². The Morgan fingerprint density at radius 3 is 2.41 bits per heavy atom. The first-order valence-electron chi connectivity index (χ1n) is 8.47. The average molecular weight is 382 g/mol. The van der Waals surface area contributed by atoms with Crippen molar-refractivity contribution in [2.75, 3.05) is 12.4 Å². The smallest absolute Gasteiger partial charge is 0.256 e. The third-order valence-corrected chi connectivity index (χ3v) is 4.35. The Kier molecular flexibility index (Phi) is 5.67. The Labute approximate surface area is 163 Å². The Morgan fingerprint density at radius 1 is 0.926 bits per heavy atom. The van der Waals surface area contributed by atoms with Gasteiger partial charge in [-0.2, -0.15) is 0 Å². The van der Waals surface area contributed by atoms with Gasteiger partial charge >= 0.3 is 0 Å². The molecule has 0 aliphatic carbocycles. The molecule has 0 fully saturated rings. The minimum absolute atomic E-state index is 0.219. The Morgan fingerprint density at radius 2 is 1.67 bits per heavy atom. The number of aryl methyl sites for hydroxylation is 2. The molecule has 3 aromatic carbocycles. The lowest BCUT2D eigenvalue weighted by Gasteiger charge is -2.15. The van der Waals surface area contributed by atoms with Crippen LogP contribution in [0.25, 0.3) is 0 Å². The summed E-state index contributed by atoms with van der Waals surface area (Å²) in [5.74, 6) is 1.40. The van der Waals surface area contributed by atoms with Crippen molar-refractivity contribution >= 4 is 23.2 Å². The maximum absolute atomic E-state index is 12.8. The van der Waals surface area contributed by atoms with Gasteiger partial charge in [-0.3, -0.25) is 4.79 Å². The minimum Gasteiger partial charge on any atom is -0.493 e. The van der Waals surface area contributed by atoms with E-state index in [2.05, 4.69) is 5.32 Å². The van der Waals surface area contributed by atoms with E-state index >= 15 is 0 Å². The molecule has 27 heavy (non-hydrogen) atoms. The van der Waals surface area contributed by atoms with E-state index in [9.17, 15) is 4.79 Å². The quantitative estimate of drug-likeness (QED) is 0.588. The van der Waals surface area contributed by atoms with Crippen molar-refractivity contribution < 1.29 is 14.3 Å². The summed E-state index contributed by atoms with van der Waals surface area (Å²) in [4.78, 5) is 12.8. The van der Waals surface area contributed by atoms with Gasteiger partial charge in [-0.15, -0.1) is 0 Å². The van der Waals surface area contributed by atoms with Crippen molar-refractivity contribution in [3.8, 4) is 17.2 Å². The maximum atomic E-state index is 12.8. The van der Waals surface area contributed by atoms with Gasteiger partial charge in [0.15, 0.2) is 17.2 Å². The van der Waals surface area contributed by atoms with Crippen molar-refractivity contribution in [2.45, 2.75) is 13.8 Å². The zero-order chi connectivity index (χ0) is 19.4. The number of hydrogen-bond acceptors (Lipinski definition) is 3. The van der Waals surface area contributed by atoms with E-state index in [1.54, 1.807) is 37.4 Å². The molecule has 0 aromatic heterocycles. The number of para-hydroxylation sites is 2. The summed E-state index contributed by atoms with van der Waals surface area (Å²) in [6.45, 7) is 3.85. The SMILES string of the molecule is COc1ccccc1Oc1ccc(Cl)cc1NC(=O)c1cc(C)ccc1C. The molecule has 0 bridgehead atoms. The molecule has 1 N–H and O–H groups in total. The summed E-state index contributed by atoms with van der Waals surface area (Å²) in [6, 6.07) is 18.1. The molecule has 0 atom stereocenters. The monoisotopic (exact) mass is 381 g/mol. The normalized spacial score (nSPS) is 10.4. The molecule has 0 saturated carbocycles. The average Bonchev–Trinajstić information content (AvgIpc) is 2.66. The van der Waals surface area contributed by atoms with Crippen LogP contribution in [-0.2, 0) is 0 Å². The zero-order valence-corrected chi connectivity index (χ0v) is 16.1. The van der Waals surface area contributed by atoms with Gasteiger partial charge in [0.25, 0.3) is 5.91 Å². The molecule has 0 aliphatic rings. The molecule has 0 aliphatic heterocycles. The van der Waals surface area contributed by atoms with Gasteiger partial charge in [-0.05, 0) is 55.8 Å². The number of ether oxygens (including phenoxy) is 2. The predicted octanol–water partition coefficient (Wildman–Crippen LogP) is 6.01. The van der Waals surface area contributed by atoms with E-state index in [0.29, 0.717) is 33.5 Å². The summed E-state index contributed by atoms with van der Waals surface area (Å²) >= 11 is 6.13. The van der Waals surface area contributed by atoms with Crippen LogP contribution in [0.2, 0.25) is 5.02 Å². The molecule has 0 saturated heterocycles. The van der Waals surface area contributed by atoms with Gasteiger partial charge in [0.2, 0.25) is 0 Å². The van der Waals surface area contributed by atoms with Crippen LogP contribution in [-0.4, -0.2) is 13.0 Å². The van der Waals surface area contributed by atoms with E-state index in [1.165, 1.54) is 0 Å². The lowest BCUT2D eigenvalue weighted by atomic mass is 10.0. The lowest BCUT2D eigenvalue weighted by Crippen LogP contribution is -2.14. The van der Waals surface area contributed by atoms with Crippen molar-refractivity contribution in [3.05, 3.63) is 82.4 Å². The van der Waals surface area contributed by atoms with Crippen molar-refractivity contribution in [1.29, 1.82) is 0 Å². The molecule has 138 valence electrons. The summed E-state index contributed by atoms with van der Waals surface area (Å²) in [6.07, 6.45) is 0. The van der Waals surface area contributed by atoms with Gasteiger partial charge in [0, 0.05) is 10.6 Å². The number of rotatable bonds is 5. The lowest BCUT2D eigenvalue weighted by molar-refractivity contribution is 0.102. The van der Waals surface area contributed by atoms with Crippen LogP contribution in [0.15, 0.2) is 60.7 Å². The number of carbonyl (C=O) groups is 1. The predicted molar refractivity (Wildman–Crippen MR) is 108 cm³/mol. The van der Waals surface area contributed by atoms with E-state index in [0.717, 1.165) is 11.1 Å². The zero-order valence-electron chi connectivity index (χ0n) is 15.4. The second-order valence-electron chi connectivity index (χ2n) is 6.17. The van der Waals surface area contributed by atoms with E-state index in [-0.39, 0.29) is 5.91 Å². The molecule has 0 heterocycles. The van der Waals surface area contributed by atoms with Gasteiger partial charge in [0.1, 0.15) is 0 Å². The highest BCUT2D eigenvalue weighted by Gasteiger charge is 2.15. The topological polar surface area (TPSA) is 47.6 Å². The summed E-state index contributed by atoms with van der Waals surface area (Å²) in [5, 5.41) is 3.40.